The van der Waals surface area contributed by atoms with E-state index in [1.54, 1.807) is 17.7 Å². The first-order valence-electron chi connectivity index (χ1n) is 10.2. The molecule has 7 nitrogen and oxygen atoms in total. The Morgan fingerprint density at radius 1 is 1.19 bits per heavy atom. The number of sulfonamides is 1. The summed E-state index contributed by atoms with van der Waals surface area (Å²) in [5, 5.41) is 4.46. The molecule has 0 bridgehead atoms. The van der Waals surface area contributed by atoms with Gasteiger partial charge in [0.25, 0.3) is 0 Å². The Kier molecular flexibility index (Phi) is 6.52. The zero-order valence-corrected chi connectivity index (χ0v) is 18.9. The molecule has 1 aromatic heterocycles. The molecule has 3 rings (SSSR count). The summed E-state index contributed by atoms with van der Waals surface area (Å²) in [6.45, 7) is 8.29. The van der Waals surface area contributed by atoms with Gasteiger partial charge in [-0.15, -0.1) is 0 Å². The summed E-state index contributed by atoms with van der Waals surface area (Å²) in [6, 6.07) is 4.04. The van der Waals surface area contributed by atoms with Gasteiger partial charge in [0.2, 0.25) is 10.0 Å². The van der Waals surface area contributed by atoms with Crippen molar-refractivity contribution in [3.8, 4) is 0 Å². The molecule has 1 aliphatic heterocycles. The Morgan fingerprint density at radius 3 is 2.39 bits per heavy atom. The lowest BCUT2D eigenvalue weighted by molar-refractivity contribution is 0.0517. The molecule has 0 unspecified atom stereocenters. The number of esters is 1. The van der Waals surface area contributed by atoms with E-state index in [0.29, 0.717) is 18.9 Å². The Bertz CT molecular complexity index is 1070. The SMILES string of the molecule is CCOC(=O)c1cc(C(C)(C)C)n(C2CCN(S(=O)(=O)c3ccc(F)cc3F)CC2)n1. The highest BCUT2D eigenvalue weighted by molar-refractivity contribution is 7.89. The van der Waals surface area contributed by atoms with E-state index in [4.69, 9.17) is 4.74 Å². The van der Waals surface area contributed by atoms with E-state index >= 15 is 0 Å². The maximum absolute atomic E-state index is 14.1. The minimum absolute atomic E-state index is 0.123. The second kappa shape index (κ2) is 8.66. The number of hydrogen-bond donors (Lipinski definition) is 0. The molecule has 1 fully saturated rings. The predicted octanol–water partition coefficient (Wildman–Crippen LogP) is 3.66. The summed E-state index contributed by atoms with van der Waals surface area (Å²) in [5.41, 5.74) is 0.773. The van der Waals surface area contributed by atoms with Gasteiger partial charge in [-0.05, 0) is 38.0 Å². The molecule has 0 aliphatic carbocycles. The molecule has 1 saturated heterocycles. The van der Waals surface area contributed by atoms with E-state index in [2.05, 4.69) is 5.10 Å². The number of halogens is 2. The Hall–Kier alpha value is -2.33. The average Bonchev–Trinajstić information content (AvgIpc) is 3.14. The highest BCUT2D eigenvalue weighted by Crippen LogP contribution is 2.32. The van der Waals surface area contributed by atoms with Crippen LogP contribution in [0.5, 0.6) is 0 Å². The summed E-state index contributed by atoms with van der Waals surface area (Å²) in [4.78, 5) is 11.6. The van der Waals surface area contributed by atoms with Gasteiger partial charge in [0.1, 0.15) is 16.5 Å². The van der Waals surface area contributed by atoms with Crippen LogP contribution in [0.4, 0.5) is 8.78 Å². The minimum Gasteiger partial charge on any atom is -0.461 e. The van der Waals surface area contributed by atoms with Crippen LogP contribution in [-0.2, 0) is 20.2 Å². The van der Waals surface area contributed by atoms with E-state index in [9.17, 15) is 22.0 Å². The summed E-state index contributed by atoms with van der Waals surface area (Å²) >= 11 is 0. The zero-order valence-electron chi connectivity index (χ0n) is 18.1. The van der Waals surface area contributed by atoms with Crippen molar-refractivity contribution < 1.29 is 26.7 Å². The molecule has 0 saturated carbocycles. The van der Waals surface area contributed by atoms with Crippen molar-refractivity contribution in [1.82, 2.24) is 14.1 Å². The predicted molar refractivity (Wildman–Crippen MR) is 110 cm³/mol. The lowest BCUT2D eigenvalue weighted by Gasteiger charge is -2.33. The van der Waals surface area contributed by atoms with Gasteiger partial charge in [-0.25, -0.2) is 22.0 Å². The van der Waals surface area contributed by atoms with Crippen LogP contribution < -0.4 is 0 Å². The molecule has 0 amide bonds. The van der Waals surface area contributed by atoms with Crippen molar-refractivity contribution in [1.29, 1.82) is 0 Å². The number of carbonyl (C=O) groups excluding carboxylic acids is 1. The number of benzene rings is 1. The average molecular weight is 456 g/mol. The number of hydrogen-bond acceptors (Lipinski definition) is 5. The van der Waals surface area contributed by atoms with Crippen molar-refractivity contribution in [2.24, 2.45) is 0 Å². The monoisotopic (exact) mass is 455 g/mol. The zero-order chi connectivity index (χ0) is 23.0. The third-order valence-electron chi connectivity index (χ3n) is 5.27. The van der Waals surface area contributed by atoms with Crippen LogP contribution in [0.1, 0.15) is 62.8 Å². The molecule has 0 N–H and O–H groups in total. The van der Waals surface area contributed by atoms with Gasteiger partial charge in [0.05, 0.1) is 12.6 Å². The molecule has 1 aliphatic rings. The number of carbonyl (C=O) groups is 1. The third-order valence-corrected chi connectivity index (χ3v) is 7.20. The number of piperidine rings is 1. The number of nitrogens with zero attached hydrogens (tertiary/aromatic N) is 3. The highest BCUT2D eigenvalue weighted by atomic mass is 32.2. The van der Waals surface area contributed by atoms with E-state index in [-0.39, 0.29) is 36.8 Å². The molecular weight excluding hydrogens is 428 g/mol. The van der Waals surface area contributed by atoms with Gasteiger partial charge in [0, 0.05) is 30.3 Å². The van der Waals surface area contributed by atoms with Crippen molar-refractivity contribution in [3.05, 3.63) is 47.3 Å². The molecule has 0 atom stereocenters. The quantitative estimate of drug-likeness (QED) is 0.643. The van der Waals surface area contributed by atoms with Gasteiger partial charge in [-0.1, -0.05) is 20.8 Å². The number of aromatic nitrogens is 2. The van der Waals surface area contributed by atoms with Crippen molar-refractivity contribution in [2.45, 2.75) is 56.9 Å². The van der Waals surface area contributed by atoms with Crippen molar-refractivity contribution in [3.63, 3.8) is 0 Å². The third kappa shape index (κ3) is 4.79. The molecule has 0 radical (unpaired) electrons. The van der Waals surface area contributed by atoms with Crippen LogP contribution in [-0.4, -0.2) is 48.2 Å². The van der Waals surface area contributed by atoms with Crippen LogP contribution in [0.15, 0.2) is 29.2 Å². The Labute approximate surface area is 181 Å². The Morgan fingerprint density at radius 2 is 1.84 bits per heavy atom. The molecule has 2 aromatic rings. The normalized spacial score (nSPS) is 16.5. The molecule has 2 heterocycles. The molecule has 0 spiro atoms. The summed E-state index contributed by atoms with van der Waals surface area (Å²) in [7, 11) is -4.08. The molecule has 170 valence electrons. The lowest BCUT2D eigenvalue weighted by Crippen LogP contribution is -2.40. The maximum atomic E-state index is 14.1. The summed E-state index contributed by atoms with van der Waals surface area (Å²) in [6.07, 6.45) is 0.879. The highest BCUT2D eigenvalue weighted by Gasteiger charge is 2.34. The first kappa shape index (κ1) is 23.3. The van der Waals surface area contributed by atoms with Gasteiger partial charge in [-0.2, -0.15) is 9.40 Å². The van der Waals surface area contributed by atoms with Crippen LogP contribution in [0.25, 0.3) is 0 Å². The van der Waals surface area contributed by atoms with Gasteiger partial charge < -0.3 is 4.74 Å². The molecule has 1 aromatic carbocycles. The minimum atomic E-state index is -4.08. The Balaban J connectivity index is 1.82. The summed E-state index contributed by atoms with van der Waals surface area (Å²) in [5.74, 6) is -2.44. The van der Waals surface area contributed by atoms with Crippen LogP contribution in [0.3, 0.4) is 0 Å². The van der Waals surface area contributed by atoms with Crippen LogP contribution in [0, 0.1) is 11.6 Å². The van der Waals surface area contributed by atoms with Gasteiger partial charge in [0.15, 0.2) is 5.69 Å². The topological polar surface area (TPSA) is 81.5 Å². The van der Waals surface area contributed by atoms with Crippen molar-refractivity contribution in [2.75, 3.05) is 19.7 Å². The summed E-state index contributed by atoms with van der Waals surface area (Å²) < 4.78 is 60.9. The van der Waals surface area contributed by atoms with E-state index < -0.39 is 32.5 Å². The van der Waals surface area contributed by atoms with Gasteiger partial charge >= 0.3 is 5.97 Å². The molecule has 10 heteroatoms. The second-order valence-corrected chi connectivity index (χ2v) is 10.4. The fourth-order valence-corrected chi connectivity index (χ4v) is 5.20. The van der Waals surface area contributed by atoms with E-state index in [0.717, 1.165) is 17.8 Å². The largest absolute Gasteiger partial charge is 0.461 e. The van der Waals surface area contributed by atoms with Crippen LogP contribution >= 0.6 is 0 Å². The van der Waals surface area contributed by atoms with Crippen LogP contribution in [0.2, 0.25) is 0 Å². The smallest absolute Gasteiger partial charge is 0.358 e. The standard InChI is InChI=1S/C21H27F2N3O4S/c1-5-30-20(27)17-13-19(21(2,3)4)26(24-17)15-8-10-25(11-9-15)31(28,29)18-7-6-14(22)12-16(18)23/h6-7,12-13,15H,5,8-11H2,1-4H3. The number of ether oxygens (including phenoxy) is 1. The molecule has 31 heavy (non-hydrogen) atoms. The van der Waals surface area contributed by atoms with Crippen molar-refractivity contribution >= 4 is 16.0 Å². The van der Waals surface area contributed by atoms with E-state index in [1.165, 1.54) is 4.31 Å². The first-order chi connectivity index (χ1) is 14.4. The fourth-order valence-electron chi connectivity index (χ4n) is 3.69. The lowest BCUT2D eigenvalue weighted by atomic mass is 9.91. The van der Waals surface area contributed by atoms with Gasteiger partial charge in [-0.3, -0.25) is 4.68 Å². The maximum Gasteiger partial charge on any atom is 0.358 e. The van der Waals surface area contributed by atoms with E-state index in [1.807, 2.05) is 20.8 Å². The fraction of sp³-hybridized carbons (Fsp3) is 0.524. The number of rotatable bonds is 5. The first-order valence-corrected chi connectivity index (χ1v) is 11.6. The molecular formula is C21H27F2N3O4S. The second-order valence-electron chi connectivity index (χ2n) is 8.54.